The third-order valence-corrected chi connectivity index (χ3v) is 2.27. The van der Waals surface area contributed by atoms with Crippen molar-refractivity contribution in [1.29, 1.82) is 0 Å². The average molecular weight is 179 g/mol. The Bertz CT molecular complexity index is 254. The molecule has 1 atom stereocenters. The maximum atomic E-state index is 10.9. The second kappa shape index (κ2) is 4.87. The standard InChI is InChI=1S/C11H15O2/c1-3-9(8-12)10-6-4-5-7-11(10)13-2/h4-7,9H,3,8H2,1-2H3. The van der Waals surface area contributed by atoms with Crippen molar-refractivity contribution in [2.24, 2.45) is 0 Å². The predicted octanol–water partition coefficient (Wildman–Crippen LogP) is 2.62. The summed E-state index contributed by atoms with van der Waals surface area (Å²) in [4.78, 5) is 0. The zero-order valence-electron chi connectivity index (χ0n) is 8.12. The van der Waals surface area contributed by atoms with E-state index in [9.17, 15) is 5.11 Å². The summed E-state index contributed by atoms with van der Waals surface area (Å²) >= 11 is 0. The fourth-order valence-corrected chi connectivity index (χ4v) is 1.43. The third-order valence-electron chi connectivity index (χ3n) is 2.27. The maximum Gasteiger partial charge on any atom is 0.122 e. The maximum absolute atomic E-state index is 10.9. The van der Waals surface area contributed by atoms with E-state index >= 15 is 0 Å². The molecule has 0 heterocycles. The molecule has 0 spiro atoms. The lowest BCUT2D eigenvalue weighted by atomic mass is 9.96. The Kier molecular flexibility index (Phi) is 3.77. The SMILES string of the molecule is CCC(C[O])c1ccccc1OC. The van der Waals surface area contributed by atoms with Crippen LogP contribution in [-0.2, 0) is 5.11 Å². The smallest absolute Gasteiger partial charge is 0.122 e. The van der Waals surface area contributed by atoms with Crippen LogP contribution in [0.25, 0.3) is 0 Å². The summed E-state index contributed by atoms with van der Waals surface area (Å²) in [6, 6.07) is 7.72. The first-order valence-electron chi connectivity index (χ1n) is 4.54. The van der Waals surface area contributed by atoms with Gasteiger partial charge in [-0.1, -0.05) is 25.1 Å². The first-order valence-corrected chi connectivity index (χ1v) is 4.54. The number of benzene rings is 1. The van der Waals surface area contributed by atoms with Crippen molar-refractivity contribution in [1.82, 2.24) is 0 Å². The van der Waals surface area contributed by atoms with Gasteiger partial charge in [-0.2, -0.15) is 0 Å². The van der Waals surface area contributed by atoms with Gasteiger partial charge in [0.05, 0.1) is 13.7 Å². The summed E-state index contributed by atoms with van der Waals surface area (Å²) in [5.41, 5.74) is 1.03. The molecule has 2 nitrogen and oxygen atoms in total. The Balaban J connectivity index is 2.96. The van der Waals surface area contributed by atoms with Crippen molar-refractivity contribution in [3.63, 3.8) is 0 Å². The Morgan fingerprint density at radius 2 is 2.08 bits per heavy atom. The monoisotopic (exact) mass is 179 g/mol. The second-order valence-corrected chi connectivity index (χ2v) is 3.01. The zero-order chi connectivity index (χ0) is 9.68. The predicted molar refractivity (Wildman–Crippen MR) is 51.6 cm³/mol. The van der Waals surface area contributed by atoms with Crippen LogP contribution in [0.1, 0.15) is 24.8 Å². The molecule has 0 fully saturated rings. The lowest BCUT2D eigenvalue weighted by molar-refractivity contribution is 0.169. The summed E-state index contributed by atoms with van der Waals surface area (Å²) in [5, 5.41) is 10.9. The molecule has 1 rings (SSSR count). The number of ether oxygens (including phenoxy) is 1. The van der Waals surface area contributed by atoms with E-state index in [0.717, 1.165) is 17.7 Å². The molecule has 1 aromatic carbocycles. The van der Waals surface area contributed by atoms with Crippen LogP contribution in [0.5, 0.6) is 5.75 Å². The molecule has 0 aromatic heterocycles. The molecule has 0 aliphatic carbocycles. The minimum absolute atomic E-state index is 0.0725. The quantitative estimate of drug-likeness (QED) is 0.698. The Morgan fingerprint density at radius 3 is 2.62 bits per heavy atom. The largest absolute Gasteiger partial charge is 0.496 e. The summed E-state index contributed by atoms with van der Waals surface area (Å²) in [7, 11) is 1.64. The number of rotatable bonds is 4. The summed E-state index contributed by atoms with van der Waals surface area (Å²) in [5.74, 6) is 0.904. The normalized spacial score (nSPS) is 12.5. The molecule has 0 amide bonds. The Hall–Kier alpha value is -1.02. The first kappa shape index (κ1) is 10.1. The van der Waals surface area contributed by atoms with Crippen LogP contribution in [-0.4, -0.2) is 13.7 Å². The van der Waals surface area contributed by atoms with E-state index in [-0.39, 0.29) is 12.5 Å². The fraction of sp³-hybridized carbons (Fsp3) is 0.455. The van der Waals surface area contributed by atoms with Crippen LogP contribution in [0, 0.1) is 0 Å². The molecule has 0 bridgehead atoms. The second-order valence-electron chi connectivity index (χ2n) is 3.01. The van der Waals surface area contributed by atoms with Gasteiger partial charge in [0.25, 0.3) is 0 Å². The minimum Gasteiger partial charge on any atom is -0.496 e. The number of hydrogen-bond donors (Lipinski definition) is 0. The van der Waals surface area contributed by atoms with Crippen LogP contribution in [0.2, 0.25) is 0 Å². The van der Waals surface area contributed by atoms with E-state index in [1.807, 2.05) is 31.2 Å². The van der Waals surface area contributed by atoms with E-state index in [0.29, 0.717) is 0 Å². The topological polar surface area (TPSA) is 29.1 Å². The lowest BCUT2D eigenvalue weighted by Crippen LogP contribution is -2.03. The Morgan fingerprint density at radius 1 is 1.38 bits per heavy atom. The summed E-state index contributed by atoms with van der Waals surface area (Å²) in [6.45, 7) is 1.95. The van der Waals surface area contributed by atoms with Gasteiger partial charge in [-0.05, 0) is 18.1 Å². The molecular weight excluding hydrogens is 164 g/mol. The number of hydrogen-bond acceptors (Lipinski definition) is 1. The van der Waals surface area contributed by atoms with Gasteiger partial charge in [0.15, 0.2) is 0 Å². The van der Waals surface area contributed by atoms with Crippen molar-refractivity contribution in [3.8, 4) is 5.75 Å². The molecule has 1 radical (unpaired) electrons. The van der Waals surface area contributed by atoms with Gasteiger partial charge in [0.2, 0.25) is 0 Å². The average Bonchev–Trinajstić information content (AvgIpc) is 2.20. The van der Waals surface area contributed by atoms with Gasteiger partial charge in [0, 0.05) is 5.92 Å². The molecule has 0 N–H and O–H groups in total. The van der Waals surface area contributed by atoms with E-state index in [2.05, 4.69) is 0 Å². The van der Waals surface area contributed by atoms with Crippen LogP contribution < -0.4 is 4.74 Å². The zero-order valence-corrected chi connectivity index (χ0v) is 8.12. The highest BCUT2D eigenvalue weighted by atomic mass is 16.5. The van der Waals surface area contributed by atoms with Crippen molar-refractivity contribution >= 4 is 0 Å². The lowest BCUT2D eigenvalue weighted by Gasteiger charge is -2.14. The van der Waals surface area contributed by atoms with E-state index in [1.54, 1.807) is 7.11 Å². The first-order chi connectivity index (χ1) is 6.33. The Labute approximate surface area is 79.2 Å². The molecule has 2 heteroatoms. The van der Waals surface area contributed by atoms with Crippen LogP contribution in [0.3, 0.4) is 0 Å². The highest BCUT2D eigenvalue weighted by molar-refractivity contribution is 5.36. The fourth-order valence-electron chi connectivity index (χ4n) is 1.43. The molecule has 0 aliphatic rings. The van der Waals surface area contributed by atoms with Gasteiger partial charge < -0.3 is 4.74 Å². The molecular formula is C11H15O2. The van der Waals surface area contributed by atoms with E-state index in [4.69, 9.17) is 4.74 Å². The summed E-state index contributed by atoms with van der Waals surface area (Å²) in [6.07, 6.45) is 0.865. The van der Waals surface area contributed by atoms with Crippen LogP contribution in [0.4, 0.5) is 0 Å². The van der Waals surface area contributed by atoms with Crippen molar-refractivity contribution in [3.05, 3.63) is 29.8 Å². The number of methoxy groups -OCH3 is 1. The van der Waals surface area contributed by atoms with Crippen LogP contribution in [0.15, 0.2) is 24.3 Å². The van der Waals surface area contributed by atoms with Gasteiger partial charge in [-0.25, -0.2) is 5.11 Å². The molecule has 0 saturated carbocycles. The van der Waals surface area contributed by atoms with E-state index < -0.39 is 0 Å². The van der Waals surface area contributed by atoms with Gasteiger partial charge in [-0.3, -0.25) is 0 Å². The molecule has 0 aliphatic heterocycles. The molecule has 71 valence electrons. The molecule has 1 unspecified atom stereocenters. The van der Waals surface area contributed by atoms with Crippen molar-refractivity contribution in [2.45, 2.75) is 19.3 Å². The molecule has 1 aromatic rings. The van der Waals surface area contributed by atoms with Crippen LogP contribution >= 0.6 is 0 Å². The third kappa shape index (κ3) is 2.22. The van der Waals surface area contributed by atoms with E-state index in [1.165, 1.54) is 0 Å². The van der Waals surface area contributed by atoms with Gasteiger partial charge in [0.1, 0.15) is 5.75 Å². The summed E-state index contributed by atoms with van der Waals surface area (Å²) < 4.78 is 5.19. The van der Waals surface area contributed by atoms with Crippen molar-refractivity contribution in [2.75, 3.05) is 13.7 Å². The van der Waals surface area contributed by atoms with Gasteiger partial charge >= 0.3 is 0 Å². The van der Waals surface area contributed by atoms with Crippen molar-refractivity contribution < 1.29 is 9.84 Å². The molecule has 13 heavy (non-hydrogen) atoms. The highest BCUT2D eigenvalue weighted by Crippen LogP contribution is 2.27. The van der Waals surface area contributed by atoms with Gasteiger partial charge in [-0.15, -0.1) is 0 Å². The molecule has 0 saturated heterocycles. The number of para-hydroxylation sites is 1. The minimum atomic E-state index is -0.0725. The highest BCUT2D eigenvalue weighted by Gasteiger charge is 2.12.